The maximum Gasteiger partial charge on any atom is 0.0369 e. The highest BCUT2D eigenvalue weighted by atomic mass is 15.1. The van der Waals surface area contributed by atoms with E-state index in [-0.39, 0.29) is 6.04 Å². The van der Waals surface area contributed by atoms with Crippen molar-refractivity contribution >= 4 is 5.69 Å². The number of aryl methyl sites for hydroxylation is 1. The van der Waals surface area contributed by atoms with E-state index in [0.717, 1.165) is 25.9 Å². The van der Waals surface area contributed by atoms with Gasteiger partial charge in [-0.2, -0.15) is 0 Å². The van der Waals surface area contributed by atoms with Gasteiger partial charge in [0.05, 0.1) is 0 Å². The fourth-order valence-corrected chi connectivity index (χ4v) is 2.44. The summed E-state index contributed by atoms with van der Waals surface area (Å²) < 4.78 is 0. The number of rotatable bonds is 8. The lowest BCUT2D eigenvalue weighted by molar-refractivity contribution is 0.644. The van der Waals surface area contributed by atoms with Crippen molar-refractivity contribution in [1.29, 1.82) is 0 Å². The Balaban J connectivity index is 2.84. The fourth-order valence-electron chi connectivity index (χ4n) is 2.44. The summed E-state index contributed by atoms with van der Waals surface area (Å²) in [6.07, 6.45) is 4.42. The van der Waals surface area contributed by atoms with Gasteiger partial charge in [-0.15, -0.1) is 0 Å². The quantitative estimate of drug-likeness (QED) is 0.770. The van der Waals surface area contributed by atoms with Crippen LogP contribution in [0.5, 0.6) is 0 Å². The molecule has 1 atom stereocenters. The lowest BCUT2D eigenvalue weighted by atomic mass is 9.99. The van der Waals surface area contributed by atoms with Crippen molar-refractivity contribution in [2.24, 2.45) is 5.73 Å². The number of hydrogen-bond donors (Lipinski definition) is 1. The van der Waals surface area contributed by atoms with E-state index in [1.807, 2.05) is 0 Å². The summed E-state index contributed by atoms with van der Waals surface area (Å²) in [5.74, 6) is 0. The maximum absolute atomic E-state index is 6.06. The summed E-state index contributed by atoms with van der Waals surface area (Å²) in [6, 6.07) is 7.13. The molecular weight excluding hydrogens is 232 g/mol. The zero-order valence-corrected chi connectivity index (χ0v) is 13.1. The van der Waals surface area contributed by atoms with Gasteiger partial charge < -0.3 is 10.6 Å². The van der Waals surface area contributed by atoms with Gasteiger partial charge >= 0.3 is 0 Å². The monoisotopic (exact) mass is 262 g/mol. The largest absolute Gasteiger partial charge is 0.372 e. The van der Waals surface area contributed by atoms with Crippen molar-refractivity contribution in [2.45, 2.75) is 59.4 Å². The van der Waals surface area contributed by atoms with Crippen LogP contribution < -0.4 is 10.6 Å². The number of benzene rings is 1. The van der Waals surface area contributed by atoms with Crippen LogP contribution in [0.15, 0.2) is 18.2 Å². The molecule has 0 saturated heterocycles. The van der Waals surface area contributed by atoms with Crippen LogP contribution in [0.2, 0.25) is 0 Å². The average Bonchev–Trinajstić information content (AvgIpc) is 2.40. The van der Waals surface area contributed by atoms with Gasteiger partial charge in [-0.05, 0) is 55.9 Å². The molecule has 2 heteroatoms. The normalized spacial score (nSPS) is 12.5. The lowest BCUT2D eigenvalue weighted by Crippen LogP contribution is -2.25. The Labute approximate surface area is 119 Å². The van der Waals surface area contributed by atoms with Crippen LogP contribution in [0.4, 0.5) is 5.69 Å². The number of nitrogens with zero attached hydrogens (tertiary/aromatic N) is 1. The Bertz CT molecular complexity index is 368. The van der Waals surface area contributed by atoms with Crippen LogP contribution in [0, 0.1) is 6.92 Å². The number of anilines is 1. The molecule has 0 fully saturated rings. The molecule has 0 aliphatic heterocycles. The molecule has 1 rings (SSSR count). The molecule has 0 heterocycles. The first kappa shape index (κ1) is 16.0. The summed E-state index contributed by atoms with van der Waals surface area (Å²) in [7, 11) is 0. The van der Waals surface area contributed by atoms with Crippen molar-refractivity contribution in [1.82, 2.24) is 0 Å². The second-order valence-electron chi connectivity index (χ2n) is 5.47. The van der Waals surface area contributed by atoms with E-state index in [1.54, 1.807) is 0 Å². The second-order valence-corrected chi connectivity index (χ2v) is 5.47. The molecule has 0 radical (unpaired) electrons. The first-order chi connectivity index (χ1) is 9.12. The third kappa shape index (κ3) is 4.87. The van der Waals surface area contributed by atoms with Crippen LogP contribution in [0.3, 0.4) is 0 Å². The number of nitrogens with two attached hydrogens (primary N) is 1. The molecule has 108 valence electrons. The topological polar surface area (TPSA) is 29.3 Å². The molecule has 1 aromatic rings. The van der Waals surface area contributed by atoms with Crippen molar-refractivity contribution in [3.63, 3.8) is 0 Å². The maximum atomic E-state index is 6.06. The fraction of sp³-hybridized carbons (Fsp3) is 0.647. The number of hydrogen-bond acceptors (Lipinski definition) is 2. The van der Waals surface area contributed by atoms with E-state index in [2.05, 4.69) is 50.8 Å². The van der Waals surface area contributed by atoms with E-state index in [0.29, 0.717) is 0 Å². The second kappa shape index (κ2) is 8.21. The molecule has 2 N–H and O–H groups in total. The highest BCUT2D eigenvalue weighted by molar-refractivity contribution is 5.51. The van der Waals surface area contributed by atoms with Gasteiger partial charge in [0.15, 0.2) is 0 Å². The van der Waals surface area contributed by atoms with Crippen molar-refractivity contribution in [3.05, 3.63) is 29.3 Å². The van der Waals surface area contributed by atoms with Gasteiger partial charge in [0.2, 0.25) is 0 Å². The van der Waals surface area contributed by atoms with E-state index in [1.165, 1.54) is 29.7 Å². The van der Waals surface area contributed by atoms with Gasteiger partial charge in [-0.25, -0.2) is 0 Å². The third-order valence-corrected chi connectivity index (χ3v) is 3.68. The van der Waals surface area contributed by atoms with Crippen LogP contribution in [0.25, 0.3) is 0 Å². The minimum atomic E-state index is 0.284. The Kier molecular flexibility index (Phi) is 6.93. The van der Waals surface area contributed by atoms with Crippen LogP contribution >= 0.6 is 0 Å². The molecular formula is C17H30N2. The van der Waals surface area contributed by atoms with Gasteiger partial charge in [0.25, 0.3) is 0 Å². The highest BCUT2D eigenvalue weighted by Gasteiger charge is 2.08. The SMILES string of the molecule is CCCN(CCC)c1ccc(CC(N)CC)c(C)c1. The molecule has 0 saturated carbocycles. The van der Waals surface area contributed by atoms with E-state index >= 15 is 0 Å². The molecule has 0 aliphatic rings. The molecule has 2 nitrogen and oxygen atoms in total. The third-order valence-electron chi connectivity index (χ3n) is 3.68. The molecule has 1 unspecified atom stereocenters. The van der Waals surface area contributed by atoms with Crippen LogP contribution in [-0.2, 0) is 6.42 Å². The minimum Gasteiger partial charge on any atom is -0.372 e. The summed E-state index contributed by atoms with van der Waals surface area (Å²) in [6.45, 7) is 11.1. The smallest absolute Gasteiger partial charge is 0.0369 e. The average molecular weight is 262 g/mol. The molecule has 0 aliphatic carbocycles. The molecule has 0 spiro atoms. The first-order valence-corrected chi connectivity index (χ1v) is 7.72. The van der Waals surface area contributed by atoms with Crippen molar-refractivity contribution in [2.75, 3.05) is 18.0 Å². The first-order valence-electron chi connectivity index (χ1n) is 7.72. The van der Waals surface area contributed by atoms with Crippen molar-refractivity contribution < 1.29 is 0 Å². The minimum absolute atomic E-state index is 0.284. The van der Waals surface area contributed by atoms with Crippen LogP contribution in [0.1, 0.15) is 51.2 Å². The van der Waals surface area contributed by atoms with E-state index in [4.69, 9.17) is 5.73 Å². The summed E-state index contributed by atoms with van der Waals surface area (Å²) in [4.78, 5) is 2.48. The highest BCUT2D eigenvalue weighted by Crippen LogP contribution is 2.21. The van der Waals surface area contributed by atoms with Gasteiger partial charge in [0, 0.05) is 24.8 Å². The zero-order chi connectivity index (χ0) is 14.3. The summed E-state index contributed by atoms with van der Waals surface area (Å²) >= 11 is 0. The Morgan fingerprint density at radius 3 is 2.21 bits per heavy atom. The standard InChI is InChI=1S/C17H30N2/c1-5-10-19(11-6-2)17-9-8-15(14(4)12-17)13-16(18)7-3/h8-9,12,16H,5-7,10-11,13,18H2,1-4H3. The molecule has 19 heavy (non-hydrogen) atoms. The van der Waals surface area contributed by atoms with Crippen molar-refractivity contribution in [3.8, 4) is 0 Å². The summed E-state index contributed by atoms with van der Waals surface area (Å²) in [5, 5.41) is 0. The molecule has 0 aromatic heterocycles. The Morgan fingerprint density at radius 2 is 1.74 bits per heavy atom. The Morgan fingerprint density at radius 1 is 1.11 bits per heavy atom. The molecule has 1 aromatic carbocycles. The summed E-state index contributed by atoms with van der Waals surface area (Å²) in [5.41, 5.74) is 10.2. The zero-order valence-electron chi connectivity index (χ0n) is 13.1. The van der Waals surface area contributed by atoms with E-state index in [9.17, 15) is 0 Å². The van der Waals surface area contributed by atoms with Gasteiger partial charge in [0.1, 0.15) is 0 Å². The van der Waals surface area contributed by atoms with Gasteiger partial charge in [-0.1, -0.05) is 26.8 Å². The molecule has 0 bridgehead atoms. The van der Waals surface area contributed by atoms with Crippen LogP contribution in [-0.4, -0.2) is 19.1 Å². The van der Waals surface area contributed by atoms with Gasteiger partial charge in [-0.3, -0.25) is 0 Å². The Hall–Kier alpha value is -1.02. The predicted octanol–water partition coefficient (Wildman–Crippen LogP) is 3.90. The lowest BCUT2D eigenvalue weighted by Gasteiger charge is -2.25. The van der Waals surface area contributed by atoms with E-state index < -0.39 is 0 Å². The molecule has 0 amide bonds. The predicted molar refractivity (Wildman–Crippen MR) is 85.9 cm³/mol.